The largest absolute Gasteiger partial charge is 0.586 e. The number of benzene rings is 3. The van der Waals surface area contributed by atoms with Gasteiger partial charge in [-0.2, -0.15) is 0 Å². The predicted octanol–water partition coefficient (Wildman–Crippen LogP) is 4.28. The number of aliphatic hydroxyl groups excluding tert-OH is 1. The van der Waals surface area contributed by atoms with E-state index >= 15 is 0 Å². The quantitative estimate of drug-likeness (QED) is 0.669. The molecule has 31 heavy (non-hydrogen) atoms. The van der Waals surface area contributed by atoms with Crippen molar-refractivity contribution in [2.45, 2.75) is 18.8 Å². The average molecular weight is 423 g/mol. The molecule has 1 amide bonds. The lowest BCUT2D eigenvalue weighted by Gasteiger charge is -2.34. The van der Waals surface area contributed by atoms with Gasteiger partial charge in [0.15, 0.2) is 11.5 Å². The number of carbonyl (C=O) groups is 1. The number of amides is 1. The third kappa shape index (κ3) is 2.80. The Morgan fingerprint density at radius 2 is 1.77 bits per heavy atom. The van der Waals surface area contributed by atoms with E-state index in [1.165, 1.54) is 6.07 Å². The summed E-state index contributed by atoms with van der Waals surface area (Å²) in [5, 5.41) is 11.4. The standard InChI is InChI=1S/C24H19F2NO4/c25-24(26)30-21-7-3-6-17(22(21)31-24)16-8-9-18(15-5-2-1-4-14(15)16)23(29)27-11-13-10-20(28)19(13)12-27/h1-9,13,19-20,28H,10-12H2/t13-,19+,20-/m0/s1. The maximum atomic E-state index is 13.7. The minimum atomic E-state index is -3.70. The van der Waals surface area contributed by atoms with E-state index in [0.29, 0.717) is 35.7 Å². The Labute approximate surface area is 176 Å². The van der Waals surface area contributed by atoms with Crippen molar-refractivity contribution in [3.63, 3.8) is 0 Å². The molecule has 3 aromatic carbocycles. The summed E-state index contributed by atoms with van der Waals surface area (Å²) in [5.41, 5.74) is 1.72. The molecule has 3 aliphatic rings. The molecular formula is C24H19F2NO4. The van der Waals surface area contributed by atoms with Gasteiger partial charge in [-0.3, -0.25) is 4.79 Å². The Morgan fingerprint density at radius 3 is 2.55 bits per heavy atom. The molecule has 3 atom stereocenters. The second kappa shape index (κ2) is 6.40. The molecule has 3 aromatic rings. The number of hydrogen-bond donors (Lipinski definition) is 1. The number of aliphatic hydroxyl groups is 1. The number of nitrogens with zero attached hydrogens (tertiary/aromatic N) is 1. The van der Waals surface area contributed by atoms with Crippen molar-refractivity contribution in [1.82, 2.24) is 4.90 Å². The van der Waals surface area contributed by atoms with Gasteiger partial charge < -0.3 is 19.5 Å². The number of hydrogen-bond acceptors (Lipinski definition) is 4. The van der Waals surface area contributed by atoms with Crippen molar-refractivity contribution in [2.24, 2.45) is 11.8 Å². The highest BCUT2D eigenvalue weighted by Gasteiger charge is 2.48. The SMILES string of the molecule is O=C(c1ccc(-c2cccc3c2OC(F)(F)O3)c2ccccc12)N1C[C@@H]2C[C@H](O)[C@@H]2C1. The summed E-state index contributed by atoms with van der Waals surface area (Å²) in [6.07, 6.45) is -3.27. The number of carbonyl (C=O) groups excluding carboxylic acids is 1. The Hall–Kier alpha value is -3.19. The van der Waals surface area contributed by atoms with Crippen LogP contribution in [0, 0.1) is 11.8 Å². The molecule has 1 N–H and O–H groups in total. The van der Waals surface area contributed by atoms with Crippen molar-refractivity contribution in [2.75, 3.05) is 13.1 Å². The number of likely N-dealkylation sites (tertiary alicyclic amines) is 1. The molecule has 0 bridgehead atoms. The molecule has 2 fully saturated rings. The Morgan fingerprint density at radius 1 is 0.968 bits per heavy atom. The molecule has 158 valence electrons. The fourth-order valence-corrected chi connectivity index (χ4v) is 5.11. The van der Waals surface area contributed by atoms with Crippen LogP contribution in [0.4, 0.5) is 8.78 Å². The smallest absolute Gasteiger partial charge is 0.395 e. The molecule has 1 saturated carbocycles. The summed E-state index contributed by atoms with van der Waals surface area (Å²) in [5.74, 6) is 0.434. The topological polar surface area (TPSA) is 59.0 Å². The summed E-state index contributed by atoms with van der Waals surface area (Å²) in [4.78, 5) is 15.1. The minimum absolute atomic E-state index is 0.0122. The lowest BCUT2D eigenvalue weighted by Crippen LogP contribution is -2.39. The van der Waals surface area contributed by atoms with Crippen LogP contribution in [0.2, 0.25) is 0 Å². The van der Waals surface area contributed by atoms with Crippen LogP contribution in [-0.2, 0) is 0 Å². The first-order chi connectivity index (χ1) is 14.9. The van der Waals surface area contributed by atoms with Gasteiger partial charge in [-0.05, 0) is 40.8 Å². The lowest BCUT2D eigenvalue weighted by atomic mass is 9.74. The first-order valence-corrected chi connectivity index (χ1v) is 10.3. The summed E-state index contributed by atoms with van der Waals surface area (Å²) in [6, 6.07) is 15.7. The summed E-state index contributed by atoms with van der Waals surface area (Å²) < 4.78 is 36.7. The zero-order valence-electron chi connectivity index (χ0n) is 16.4. The van der Waals surface area contributed by atoms with Crippen molar-refractivity contribution in [3.05, 3.63) is 60.2 Å². The third-order valence-corrected chi connectivity index (χ3v) is 6.69. The van der Waals surface area contributed by atoms with E-state index in [1.807, 2.05) is 29.2 Å². The molecule has 0 spiro atoms. The molecule has 6 rings (SSSR count). The van der Waals surface area contributed by atoms with Gasteiger partial charge in [0.05, 0.1) is 6.10 Å². The highest BCUT2D eigenvalue weighted by atomic mass is 19.3. The van der Waals surface area contributed by atoms with Crippen LogP contribution < -0.4 is 9.47 Å². The Kier molecular flexibility index (Phi) is 3.84. The van der Waals surface area contributed by atoms with Crippen molar-refractivity contribution >= 4 is 16.7 Å². The molecule has 2 aliphatic heterocycles. The van der Waals surface area contributed by atoms with Crippen LogP contribution in [0.25, 0.3) is 21.9 Å². The lowest BCUT2D eigenvalue weighted by molar-refractivity contribution is -0.286. The summed E-state index contributed by atoms with van der Waals surface area (Å²) in [6.45, 7) is 1.22. The van der Waals surface area contributed by atoms with Crippen LogP contribution >= 0.6 is 0 Å². The zero-order chi connectivity index (χ0) is 21.3. The second-order valence-electron chi connectivity index (χ2n) is 8.44. The maximum absolute atomic E-state index is 13.7. The molecule has 5 nitrogen and oxygen atoms in total. The maximum Gasteiger partial charge on any atom is 0.586 e. The first-order valence-electron chi connectivity index (χ1n) is 10.3. The highest BCUT2D eigenvalue weighted by Crippen LogP contribution is 2.48. The second-order valence-corrected chi connectivity index (χ2v) is 8.44. The third-order valence-electron chi connectivity index (χ3n) is 6.69. The fraction of sp³-hybridized carbons (Fsp3) is 0.292. The monoisotopic (exact) mass is 423 g/mol. The van der Waals surface area contributed by atoms with Gasteiger partial charge >= 0.3 is 6.29 Å². The van der Waals surface area contributed by atoms with E-state index in [4.69, 9.17) is 4.74 Å². The molecule has 1 saturated heterocycles. The molecule has 0 radical (unpaired) electrons. The van der Waals surface area contributed by atoms with Gasteiger partial charge in [0, 0.05) is 30.1 Å². The van der Waals surface area contributed by atoms with Gasteiger partial charge in [-0.1, -0.05) is 42.5 Å². The van der Waals surface area contributed by atoms with Crippen molar-refractivity contribution in [3.8, 4) is 22.6 Å². The fourth-order valence-electron chi connectivity index (χ4n) is 5.11. The Bertz CT molecular complexity index is 1230. The van der Waals surface area contributed by atoms with Crippen LogP contribution in [0.5, 0.6) is 11.5 Å². The Balaban J connectivity index is 1.43. The van der Waals surface area contributed by atoms with Crippen LogP contribution in [0.15, 0.2) is 54.6 Å². The molecule has 2 heterocycles. The summed E-state index contributed by atoms with van der Waals surface area (Å²) >= 11 is 0. The number of para-hydroxylation sites is 1. The molecule has 1 aliphatic carbocycles. The van der Waals surface area contributed by atoms with E-state index in [2.05, 4.69) is 4.74 Å². The van der Waals surface area contributed by atoms with E-state index in [9.17, 15) is 18.7 Å². The van der Waals surface area contributed by atoms with Crippen molar-refractivity contribution < 1.29 is 28.2 Å². The van der Waals surface area contributed by atoms with Gasteiger partial charge in [0.2, 0.25) is 0 Å². The van der Waals surface area contributed by atoms with Crippen LogP contribution in [0.1, 0.15) is 16.8 Å². The van der Waals surface area contributed by atoms with E-state index in [1.54, 1.807) is 24.3 Å². The van der Waals surface area contributed by atoms with Gasteiger partial charge in [-0.25, -0.2) is 0 Å². The average Bonchev–Trinajstić information content (AvgIpc) is 3.27. The molecular weight excluding hydrogens is 404 g/mol. The van der Waals surface area contributed by atoms with Gasteiger partial charge in [0.25, 0.3) is 5.91 Å². The normalized spacial score (nSPS) is 25.4. The van der Waals surface area contributed by atoms with Crippen LogP contribution in [0.3, 0.4) is 0 Å². The zero-order valence-corrected chi connectivity index (χ0v) is 16.4. The van der Waals surface area contributed by atoms with Crippen molar-refractivity contribution in [1.29, 1.82) is 0 Å². The first kappa shape index (κ1) is 18.6. The minimum Gasteiger partial charge on any atom is -0.395 e. The molecule has 0 aromatic heterocycles. The van der Waals surface area contributed by atoms with Crippen LogP contribution in [-0.4, -0.2) is 41.4 Å². The number of rotatable bonds is 2. The number of ether oxygens (including phenoxy) is 2. The highest BCUT2D eigenvalue weighted by molar-refractivity contribution is 6.11. The van der Waals surface area contributed by atoms with E-state index in [-0.39, 0.29) is 29.4 Å². The van der Waals surface area contributed by atoms with Gasteiger partial charge in [-0.15, -0.1) is 8.78 Å². The van der Waals surface area contributed by atoms with Gasteiger partial charge in [0.1, 0.15) is 0 Å². The number of fused-ring (bicyclic) bond motifs is 3. The van der Waals surface area contributed by atoms with E-state index < -0.39 is 6.29 Å². The molecule has 7 heteroatoms. The number of halogens is 2. The summed E-state index contributed by atoms with van der Waals surface area (Å²) in [7, 11) is 0. The van der Waals surface area contributed by atoms with E-state index in [0.717, 1.165) is 17.2 Å². The number of alkyl halides is 2. The predicted molar refractivity (Wildman–Crippen MR) is 109 cm³/mol. The molecule has 0 unspecified atom stereocenters.